The van der Waals surface area contributed by atoms with Crippen LogP contribution in [0.2, 0.25) is 0 Å². The van der Waals surface area contributed by atoms with Crippen LogP contribution < -0.4 is 0 Å². The van der Waals surface area contributed by atoms with Crippen molar-refractivity contribution in [1.82, 2.24) is 0 Å². The predicted octanol–water partition coefficient (Wildman–Crippen LogP) is 22.4. The number of esters is 3. The summed E-state index contributed by atoms with van der Waals surface area (Å²) in [5.41, 5.74) is 0. The van der Waals surface area contributed by atoms with E-state index in [1.807, 2.05) is 0 Å². The zero-order valence-corrected chi connectivity index (χ0v) is 49.9. The highest BCUT2D eigenvalue weighted by Gasteiger charge is 2.19. The second-order valence-electron chi connectivity index (χ2n) is 22.4. The topological polar surface area (TPSA) is 78.9 Å². The highest BCUT2D eigenvalue weighted by atomic mass is 16.6. The van der Waals surface area contributed by atoms with Crippen molar-refractivity contribution < 1.29 is 28.6 Å². The first-order valence-electron chi connectivity index (χ1n) is 33.0. The number of carbonyl (C=O) groups is 3. The maximum Gasteiger partial charge on any atom is 0.306 e. The highest BCUT2D eigenvalue weighted by molar-refractivity contribution is 5.71. The summed E-state index contributed by atoms with van der Waals surface area (Å²) in [6.07, 6.45) is 77.2. The summed E-state index contributed by atoms with van der Waals surface area (Å²) in [4.78, 5) is 38.3. The maximum absolute atomic E-state index is 12.9. The lowest BCUT2D eigenvalue weighted by Gasteiger charge is -2.18. The van der Waals surface area contributed by atoms with Crippen LogP contribution >= 0.6 is 0 Å². The Kier molecular flexibility index (Phi) is 61.1. The first-order chi connectivity index (χ1) is 36.5. The van der Waals surface area contributed by atoms with Crippen molar-refractivity contribution in [2.45, 2.75) is 367 Å². The third kappa shape index (κ3) is 60.5. The summed E-state index contributed by atoms with van der Waals surface area (Å²) >= 11 is 0. The Morgan fingerprint density at radius 3 is 0.784 bits per heavy atom. The van der Waals surface area contributed by atoms with Gasteiger partial charge in [-0.25, -0.2) is 0 Å². The minimum absolute atomic E-state index is 0.0721. The summed E-state index contributed by atoms with van der Waals surface area (Å²) in [6.45, 7) is 6.67. The summed E-state index contributed by atoms with van der Waals surface area (Å²) in [5.74, 6) is -0.858. The molecule has 6 nitrogen and oxygen atoms in total. The van der Waals surface area contributed by atoms with Crippen molar-refractivity contribution in [3.05, 3.63) is 36.5 Å². The van der Waals surface area contributed by atoms with E-state index < -0.39 is 6.10 Å². The number of unbranched alkanes of at least 4 members (excludes halogenated alkanes) is 44. The summed E-state index contributed by atoms with van der Waals surface area (Å²) < 4.78 is 17.0. The van der Waals surface area contributed by atoms with Gasteiger partial charge in [0.25, 0.3) is 0 Å². The minimum atomic E-state index is -0.776. The molecule has 0 N–H and O–H groups in total. The highest BCUT2D eigenvalue weighted by Crippen LogP contribution is 2.18. The Balaban J connectivity index is 4.29. The SMILES string of the molecule is CCCCC/C=C\C/C=C\C/C=C\CCCCCCCCC(=O)OC(COC(=O)CCCCCCCCCCCCCCCC)COC(=O)CCCCCCCCCCCCCCCCCCCCCCCCC. The molecule has 1 unspecified atom stereocenters. The van der Waals surface area contributed by atoms with Crippen molar-refractivity contribution in [2.24, 2.45) is 0 Å². The van der Waals surface area contributed by atoms with Gasteiger partial charge in [-0.1, -0.05) is 320 Å². The van der Waals surface area contributed by atoms with Crippen molar-refractivity contribution in [3.8, 4) is 0 Å². The van der Waals surface area contributed by atoms with Gasteiger partial charge in [-0.3, -0.25) is 14.4 Å². The number of carbonyl (C=O) groups excluding carboxylic acids is 3. The van der Waals surface area contributed by atoms with Crippen LogP contribution in [0.25, 0.3) is 0 Å². The fourth-order valence-corrected chi connectivity index (χ4v) is 9.92. The molecule has 0 aliphatic rings. The molecule has 0 fully saturated rings. The van der Waals surface area contributed by atoms with Crippen LogP contribution in [-0.2, 0) is 28.6 Å². The molecule has 0 aromatic rings. The van der Waals surface area contributed by atoms with Gasteiger partial charge in [0.05, 0.1) is 0 Å². The summed E-state index contributed by atoms with van der Waals surface area (Å²) in [6, 6.07) is 0. The molecule has 0 amide bonds. The molecule has 0 aromatic heterocycles. The second-order valence-corrected chi connectivity index (χ2v) is 22.4. The van der Waals surface area contributed by atoms with Crippen LogP contribution in [0.5, 0.6) is 0 Å². The molecule has 0 heterocycles. The van der Waals surface area contributed by atoms with E-state index in [1.165, 1.54) is 244 Å². The average molecular weight is 1040 g/mol. The second kappa shape index (κ2) is 63.2. The Morgan fingerprint density at radius 2 is 0.486 bits per heavy atom. The zero-order valence-electron chi connectivity index (χ0n) is 49.9. The normalized spacial score (nSPS) is 12.2. The molecular formula is C68H126O6. The Labute approximate surface area is 461 Å². The molecule has 1 atom stereocenters. The van der Waals surface area contributed by atoms with E-state index >= 15 is 0 Å². The molecule has 0 aliphatic heterocycles. The van der Waals surface area contributed by atoms with Gasteiger partial charge in [-0.15, -0.1) is 0 Å². The van der Waals surface area contributed by atoms with E-state index in [0.29, 0.717) is 19.3 Å². The fraction of sp³-hybridized carbons (Fsp3) is 0.868. The van der Waals surface area contributed by atoms with E-state index in [2.05, 4.69) is 57.2 Å². The molecule has 74 heavy (non-hydrogen) atoms. The lowest BCUT2D eigenvalue weighted by atomic mass is 10.0. The first kappa shape index (κ1) is 71.6. The van der Waals surface area contributed by atoms with Crippen molar-refractivity contribution in [3.63, 3.8) is 0 Å². The average Bonchev–Trinajstić information content (AvgIpc) is 3.40. The number of rotatable bonds is 61. The summed E-state index contributed by atoms with van der Waals surface area (Å²) in [5, 5.41) is 0. The third-order valence-electron chi connectivity index (χ3n) is 14.9. The van der Waals surface area contributed by atoms with Crippen molar-refractivity contribution >= 4 is 17.9 Å². The molecule has 0 spiro atoms. The lowest BCUT2D eigenvalue weighted by Crippen LogP contribution is -2.30. The van der Waals surface area contributed by atoms with Crippen LogP contribution in [0.1, 0.15) is 361 Å². The predicted molar refractivity (Wildman–Crippen MR) is 321 cm³/mol. The molecule has 0 saturated heterocycles. The van der Waals surface area contributed by atoms with Gasteiger partial charge in [0.2, 0.25) is 0 Å². The molecule has 0 rings (SSSR count). The van der Waals surface area contributed by atoms with Crippen molar-refractivity contribution in [2.75, 3.05) is 13.2 Å². The van der Waals surface area contributed by atoms with Crippen LogP contribution in [-0.4, -0.2) is 37.2 Å². The smallest absolute Gasteiger partial charge is 0.306 e. The van der Waals surface area contributed by atoms with E-state index in [-0.39, 0.29) is 31.1 Å². The lowest BCUT2D eigenvalue weighted by molar-refractivity contribution is -0.167. The van der Waals surface area contributed by atoms with Crippen LogP contribution in [0.15, 0.2) is 36.5 Å². The van der Waals surface area contributed by atoms with Gasteiger partial charge in [0, 0.05) is 19.3 Å². The van der Waals surface area contributed by atoms with Gasteiger partial charge in [0.15, 0.2) is 6.10 Å². The fourth-order valence-electron chi connectivity index (χ4n) is 9.92. The monoisotopic (exact) mass is 1040 g/mol. The molecule has 0 radical (unpaired) electrons. The van der Waals surface area contributed by atoms with Crippen LogP contribution in [0.3, 0.4) is 0 Å². The summed E-state index contributed by atoms with van der Waals surface area (Å²) in [7, 11) is 0. The first-order valence-corrected chi connectivity index (χ1v) is 33.0. The molecule has 6 heteroatoms. The van der Waals surface area contributed by atoms with Gasteiger partial charge in [-0.2, -0.15) is 0 Å². The minimum Gasteiger partial charge on any atom is -0.462 e. The van der Waals surface area contributed by atoms with Gasteiger partial charge >= 0.3 is 17.9 Å². The molecular weight excluding hydrogens is 913 g/mol. The quantitative estimate of drug-likeness (QED) is 0.0261. The third-order valence-corrected chi connectivity index (χ3v) is 14.9. The maximum atomic E-state index is 12.9. The zero-order chi connectivity index (χ0) is 53.6. The van der Waals surface area contributed by atoms with E-state index in [1.54, 1.807) is 0 Å². The van der Waals surface area contributed by atoms with Crippen LogP contribution in [0.4, 0.5) is 0 Å². The largest absolute Gasteiger partial charge is 0.462 e. The van der Waals surface area contributed by atoms with Crippen molar-refractivity contribution in [1.29, 1.82) is 0 Å². The molecule has 0 aromatic carbocycles. The van der Waals surface area contributed by atoms with Crippen LogP contribution in [0, 0.1) is 0 Å². The molecule has 0 aliphatic carbocycles. The van der Waals surface area contributed by atoms with Gasteiger partial charge < -0.3 is 14.2 Å². The number of hydrogen-bond donors (Lipinski definition) is 0. The van der Waals surface area contributed by atoms with E-state index in [9.17, 15) is 14.4 Å². The Morgan fingerprint density at radius 1 is 0.270 bits per heavy atom. The Bertz CT molecular complexity index is 1240. The number of hydrogen-bond acceptors (Lipinski definition) is 6. The standard InChI is InChI=1S/C68H126O6/c1-4-7-10-13-16-19-22-25-28-30-32-33-34-35-37-38-40-43-46-49-52-55-58-61-67(70)73-64-65(63-72-66(69)60-57-54-51-48-45-42-27-24-21-18-15-12-9-6-3)74-68(71)62-59-56-53-50-47-44-41-39-36-31-29-26-23-20-17-14-11-8-5-2/h17,20,26,29,36,39,65H,4-16,18-19,21-25,27-28,30-35,37-38,40-64H2,1-3H3/b20-17-,29-26-,39-36-. The van der Waals surface area contributed by atoms with Gasteiger partial charge in [-0.05, 0) is 57.8 Å². The number of ether oxygens (including phenoxy) is 3. The van der Waals surface area contributed by atoms with E-state index in [4.69, 9.17) is 14.2 Å². The molecule has 0 bridgehead atoms. The van der Waals surface area contributed by atoms with E-state index in [0.717, 1.165) is 77.0 Å². The number of allylic oxidation sites excluding steroid dienone is 6. The van der Waals surface area contributed by atoms with Gasteiger partial charge in [0.1, 0.15) is 13.2 Å². The Hall–Kier alpha value is -2.37. The molecule has 434 valence electrons. The molecule has 0 saturated carbocycles.